The smallest absolute Gasteiger partial charge is 0.305 e. The van der Waals surface area contributed by atoms with Gasteiger partial charge in [0.25, 0.3) is 0 Å². The standard InChI is InChI=1S/C13H17N5O2/c1-9(8-12(19)20)18-13(14-15-16-18)10-4-6-11(7-5-10)17(2)3/h4-7,9H,8H2,1-3H3,(H,19,20). The molecule has 0 aliphatic rings. The Morgan fingerprint density at radius 3 is 2.55 bits per heavy atom. The Labute approximate surface area is 116 Å². The van der Waals surface area contributed by atoms with Crippen molar-refractivity contribution in [3.8, 4) is 11.4 Å². The van der Waals surface area contributed by atoms with Crippen LogP contribution in [0.25, 0.3) is 11.4 Å². The van der Waals surface area contributed by atoms with Crippen molar-refractivity contribution in [1.82, 2.24) is 20.2 Å². The lowest BCUT2D eigenvalue weighted by Crippen LogP contribution is -2.13. The van der Waals surface area contributed by atoms with Crippen LogP contribution in [-0.4, -0.2) is 45.4 Å². The molecule has 1 aromatic carbocycles. The fraction of sp³-hybridized carbons (Fsp3) is 0.385. The van der Waals surface area contributed by atoms with E-state index in [4.69, 9.17) is 5.11 Å². The Kier molecular flexibility index (Phi) is 3.97. The van der Waals surface area contributed by atoms with Crippen LogP contribution < -0.4 is 4.90 Å². The molecular formula is C13H17N5O2. The number of aliphatic carboxylic acids is 1. The SMILES string of the molecule is CC(CC(=O)O)n1nnnc1-c1ccc(N(C)C)cc1. The maximum Gasteiger partial charge on any atom is 0.305 e. The maximum absolute atomic E-state index is 10.8. The summed E-state index contributed by atoms with van der Waals surface area (Å²) in [6.45, 7) is 1.78. The highest BCUT2D eigenvalue weighted by Crippen LogP contribution is 2.23. The van der Waals surface area contributed by atoms with E-state index in [1.54, 1.807) is 11.6 Å². The summed E-state index contributed by atoms with van der Waals surface area (Å²) in [4.78, 5) is 12.8. The molecule has 7 nitrogen and oxygen atoms in total. The van der Waals surface area contributed by atoms with Crippen LogP contribution in [0.15, 0.2) is 24.3 Å². The van der Waals surface area contributed by atoms with Gasteiger partial charge < -0.3 is 10.0 Å². The van der Waals surface area contributed by atoms with Crippen LogP contribution in [0.2, 0.25) is 0 Å². The number of hydrogen-bond donors (Lipinski definition) is 1. The average Bonchev–Trinajstić information content (AvgIpc) is 2.87. The molecule has 1 unspecified atom stereocenters. The molecule has 2 aromatic rings. The van der Waals surface area contributed by atoms with E-state index in [1.807, 2.05) is 43.3 Å². The molecule has 2 rings (SSSR count). The molecule has 1 heterocycles. The van der Waals surface area contributed by atoms with Crippen LogP contribution in [0.5, 0.6) is 0 Å². The first-order chi connectivity index (χ1) is 9.49. The van der Waals surface area contributed by atoms with Crippen molar-refractivity contribution in [2.24, 2.45) is 0 Å². The maximum atomic E-state index is 10.8. The first kappa shape index (κ1) is 14.0. The molecular weight excluding hydrogens is 258 g/mol. The van der Waals surface area contributed by atoms with Crippen LogP contribution >= 0.6 is 0 Å². The van der Waals surface area contributed by atoms with Gasteiger partial charge in [-0.3, -0.25) is 4.79 Å². The van der Waals surface area contributed by atoms with Gasteiger partial charge >= 0.3 is 5.97 Å². The molecule has 0 spiro atoms. The van der Waals surface area contributed by atoms with Crippen molar-refractivity contribution in [2.75, 3.05) is 19.0 Å². The minimum absolute atomic E-state index is 0.0200. The highest BCUT2D eigenvalue weighted by Gasteiger charge is 2.17. The largest absolute Gasteiger partial charge is 0.481 e. The molecule has 20 heavy (non-hydrogen) atoms. The summed E-state index contributed by atoms with van der Waals surface area (Å²) in [6.07, 6.45) is -0.0200. The number of hydrogen-bond acceptors (Lipinski definition) is 5. The van der Waals surface area contributed by atoms with Crippen LogP contribution in [0.4, 0.5) is 5.69 Å². The van der Waals surface area contributed by atoms with E-state index in [-0.39, 0.29) is 12.5 Å². The lowest BCUT2D eigenvalue weighted by molar-refractivity contribution is -0.137. The predicted molar refractivity (Wildman–Crippen MR) is 74.5 cm³/mol. The summed E-state index contributed by atoms with van der Waals surface area (Å²) in [5.41, 5.74) is 1.93. The van der Waals surface area contributed by atoms with Crippen LogP contribution in [0.3, 0.4) is 0 Å². The Bertz CT molecular complexity index is 591. The van der Waals surface area contributed by atoms with E-state index in [0.717, 1.165) is 11.3 Å². The fourth-order valence-corrected chi connectivity index (χ4v) is 1.93. The number of benzene rings is 1. The van der Waals surface area contributed by atoms with Gasteiger partial charge in [-0.1, -0.05) is 0 Å². The highest BCUT2D eigenvalue weighted by molar-refractivity contribution is 5.67. The summed E-state index contributed by atoms with van der Waals surface area (Å²) in [5, 5.41) is 20.4. The summed E-state index contributed by atoms with van der Waals surface area (Å²) in [5.74, 6) is -0.300. The summed E-state index contributed by atoms with van der Waals surface area (Å²) in [7, 11) is 3.93. The number of carboxylic acids is 1. The third kappa shape index (κ3) is 2.93. The molecule has 1 N–H and O–H groups in total. The first-order valence-electron chi connectivity index (χ1n) is 6.26. The molecule has 0 saturated carbocycles. The molecule has 7 heteroatoms. The van der Waals surface area contributed by atoms with E-state index >= 15 is 0 Å². The second-order valence-corrected chi connectivity index (χ2v) is 4.84. The lowest BCUT2D eigenvalue weighted by atomic mass is 10.1. The van der Waals surface area contributed by atoms with E-state index in [9.17, 15) is 4.79 Å². The quantitative estimate of drug-likeness (QED) is 0.889. The van der Waals surface area contributed by atoms with Crippen molar-refractivity contribution in [1.29, 1.82) is 0 Å². The minimum Gasteiger partial charge on any atom is -0.481 e. The van der Waals surface area contributed by atoms with Gasteiger partial charge in [0, 0.05) is 25.3 Å². The normalized spacial score (nSPS) is 12.2. The lowest BCUT2D eigenvalue weighted by Gasteiger charge is -2.14. The monoisotopic (exact) mass is 275 g/mol. The number of nitrogens with zero attached hydrogens (tertiary/aromatic N) is 5. The van der Waals surface area contributed by atoms with Gasteiger partial charge in [-0.15, -0.1) is 5.10 Å². The van der Waals surface area contributed by atoms with Crippen LogP contribution in [0.1, 0.15) is 19.4 Å². The molecule has 0 radical (unpaired) electrons. The zero-order chi connectivity index (χ0) is 14.7. The topological polar surface area (TPSA) is 84.1 Å². The molecule has 0 aliphatic heterocycles. The molecule has 0 saturated heterocycles. The van der Waals surface area contributed by atoms with Crippen LogP contribution in [-0.2, 0) is 4.79 Å². The van der Waals surface area contributed by atoms with E-state index in [2.05, 4.69) is 15.5 Å². The zero-order valence-electron chi connectivity index (χ0n) is 11.7. The second kappa shape index (κ2) is 5.68. The molecule has 1 aromatic heterocycles. The Balaban J connectivity index is 2.29. The van der Waals surface area contributed by atoms with E-state index in [0.29, 0.717) is 5.82 Å². The average molecular weight is 275 g/mol. The van der Waals surface area contributed by atoms with E-state index < -0.39 is 5.97 Å². The summed E-state index contributed by atoms with van der Waals surface area (Å²) >= 11 is 0. The molecule has 106 valence electrons. The Morgan fingerprint density at radius 1 is 1.35 bits per heavy atom. The third-order valence-corrected chi connectivity index (χ3v) is 3.02. The molecule has 0 bridgehead atoms. The molecule has 0 aliphatic carbocycles. The summed E-state index contributed by atoms with van der Waals surface area (Å²) < 4.78 is 1.54. The fourth-order valence-electron chi connectivity index (χ4n) is 1.93. The number of carbonyl (C=O) groups is 1. The molecule has 0 fully saturated rings. The number of anilines is 1. The van der Waals surface area contributed by atoms with Crippen molar-refractivity contribution in [3.05, 3.63) is 24.3 Å². The zero-order valence-corrected chi connectivity index (χ0v) is 11.7. The van der Waals surface area contributed by atoms with Gasteiger partial charge in [0.05, 0.1) is 12.5 Å². The minimum atomic E-state index is -0.873. The highest BCUT2D eigenvalue weighted by atomic mass is 16.4. The Morgan fingerprint density at radius 2 is 2.00 bits per heavy atom. The number of tetrazole rings is 1. The van der Waals surface area contributed by atoms with Crippen molar-refractivity contribution >= 4 is 11.7 Å². The predicted octanol–water partition coefficient (Wildman–Crippen LogP) is 1.44. The van der Waals surface area contributed by atoms with Crippen LogP contribution in [0, 0.1) is 0 Å². The molecule has 1 atom stereocenters. The second-order valence-electron chi connectivity index (χ2n) is 4.84. The van der Waals surface area contributed by atoms with Gasteiger partial charge in [-0.25, -0.2) is 4.68 Å². The third-order valence-electron chi connectivity index (χ3n) is 3.02. The number of rotatable bonds is 5. The van der Waals surface area contributed by atoms with Crippen molar-refractivity contribution < 1.29 is 9.90 Å². The first-order valence-corrected chi connectivity index (χ1v) is 6.26. The molecule has 0 amide bonds. The Hall–Kier alpha value is -2.44. The number of carboxylic acid groups (broad SMARTS) is 1. The van der Waals surface area contributed by atoms with Crippen molar-refractivity contribution in [2.45, 2.75) is 19.4 Å². The van der Waals surface area contributed by atoms with Crippen molar-refractivity contribution in [3.63, 3.8) is 0 Å². The van der Waals surface area contributed by atoms with Gasteiger partial charge in [0.1, 0.15) is 0 Å². The number of aromatic nitrogens is 4. The van der Waals surface area contributed by atoms with Gasteiger partial charge in [0.2, 0.25) is 0 Å². The van der Waals surface area contributed by atoms with Gasteiger partial charge in [-0.2, -0.15) is 0 Å². The van der Waals surface area contributed by atoms with Gasteiger partial charge in [0.15, 0.2) is 5.82 Å². The summed E-state index contributed by atoms with van der Waals surface area (Å²) in [6, 6.07) is 7.48. The van der Waals surface area contributed by atoms with E-state index in [1.165, 1.54) is 0 Å². The van der Waals surface area contributed by atoms with Gasteiger partial charge in [-0.05, 0) is 41.6 Å².